The van der Waals surface area contributed by atoms with Gasteiger partial charge in [0.15, 0.2) is 0 Å². The second-order valence-corrected chi connectivity index (χ2v) is 6.16. The van der Waals surface area contributed by atoms with Crippen molar-refractivity contribution in [2.75, 3.05) is 37.6 Å². The molecule has 24 heavy (non-hydrogen) atoms. The Kier molecular flexibility index (Phi) is 8.30. The number of carbonyl (C=O) groups excluding carboxylic acids is 1. The van der Waals surface area contributed by atoms with Crippen molar-refractivity contribution in [1.29, 1.82) is 0 Å². The Morgan fingerprint density at radius 2 is 1.83 bits per heavy atom. The van der Waals surface area contributed by atoms with Gasteiger partial charge in [0, 0.05) is 38.4 Å². The van der Waals surface area contributed by atoms with Crippen molar-refractivity contribution in [3.05, 3.63) is 29.8 Å². The topological polar surface area (TPSA) is 58.8 Å². The van der Waals surface area contributed by atoms with E-state index in [1.165, 1.54) is 11.3 Å². The first-order valence-corrected chi connectivity index (χ1v) is 8.14. The number of aryl methyl sites for hydroxylation is 1. The monoisotopic (exact) mass is 375 g/mol. The van der Waals surface area contributed by atoms with Crippen LogP contribution in [0.1, 0.15) is 18.4 Å². The first-order chi connectivity index (χ1) is 10.7. The number of para-hydroxylation sites is 1. The molecule has 2 fully saturated rings. The lowest BCUT2D eigenvalue weighted by molar-refractivity contribution is -0.143. The summed E-state index contributed by atoms with van der Waals surface area (Å²) in [7, 11) is 0. The highest BCUT2D eigenvalue weighted by Crippen LogP contribution is 2.23. The second kappa shape index (κ2) is 9.47. The summed E-state index contributed by atoms with van der Waals surface area (Å²) in [5.41, 5.74) is 8.17. The van der Waals surface area contributed by atoms with E-state index in [1.54, 1.807) is 0 Å². The molecule has 2 heterocycles. The van der Waals surface area contributed by atoms with Crippen molar-refractivity contribution in [2.45, 2.75) is 32.0 Å². The van der Waals surface area contributed by atoms with E-state index in [2.05, 4.69) is 36.1 Å². The zero-order valence-corrected chi connectivity index (χ0v) is 15.7. The maximum absolute atomic E-state index is 12.5. The van der Waals surface area contributed by atoms with Crippen molar-refractivity contribution in [3.8, 4) is 0 Å². The third-order valence-corrected chi connectivity index (χ3v) is 4.69. The molecule has 0 radical (unpaired) electrons. The lowest BCUT2D eigenvalue weighted by atomic mass is 10.1. The maximum Gasteiger partial charge on any atom is 0.251 e. The maximum atomic E-state index is 12.5. The van der Waals surface area contributed by atoms with E-state index < -0.39 is 0 Å². The average molecular weight is 376 g/mol. The fraction of sp³-hybridized carbons (Fsp3) is 0.588. The van der Waals surface area contributed by atoms with Crippen molar-refractivity contribution >= 4 is 36.4 Å². The van der Waals surface area contributed by atoms with Gasteiger partial charge in [0.05, 0.1) is 6.10 Å². The number of halogens is 2. The van der Waals surface area contributed by atoms with Crippen LogP contribution in [0.2, 0.25) is 0 Å². The van der Waals surface area contributed by atoms with Gasteiger partial charge in [-0.15, -0.1) is 24.8 Å². The minimum atomic E-state index is -0.279. The van der Waals surface area contributed by atoms with Gasteiger partial charge in [0.1, 0.15) is 6.10 Å². The number of anilines is 1. The van der Waals surface area contributed by atoms with Gasteiger partial charge in [-0.2, -0.15) is 0 Å². The van der Waals surface area contributed by atoms with E-state index >= 15 is 0 Å². The van der Waals surface area contributed by atoms with E-state index in [4.69, 9.17) is 10.5 Å². The quantitative estimate of drug-likeness (QED) is 0.877. The molecule has 0 spiro atoms. The van der Waals surface area contributed by atoms with Crippen LogP contribution in [0.15, 0.2) is 24.3 Å². The largest absolute Gasteiger partial charge is 0.368 e. The van der Waals surface area contributed by atoms with Gasteiger partial charge >= 0.3 is 0 Å². The van der Waals surface area contributed by atoms with Gasteiger partial charge in [-0.3, -0.25) is 4.79 Å². The van der Waals surface area contributed by atoms with Gasteiger partial charge in [-0.25, -0.2) is 0 Å². The Morgan fingerprint density at radius 3 is 2.42 bits per heavy atom. The second-order valence-electron chi connectivity index (χ2n) is 6.16. The van der Waals surface area contributed by atoms with Crippen molar-refractivity contribution in [2.24, 2.45) is 5.73 Å². The molecule has 1 aromatic rings. The van der Waals surface area contributed by atoms with E-state index in [-0.39, 0.29) is 42.9 Å². The van der Waals surface area contributed by atoms with Crippen LogP contribution in [0.4, 0.5) is 5.69 Å². The summed E-state index contributed by atoms with van der Waals surface area (Å²) in [6.07, 6.45) is 1.48. The summed E-state index contributed by atoms with van der Waals surface area (Å²) in [5.74, 6) is 0.139. The predicted molar refractivity (Wildman–Crippen MR) is 101 cm³/mol. The Hall–Kier alpha value is -1.01. The summed E-state index contributed by atoms with van der Waals surface area (Å²) in [6.45, 7) is 5.92. The van der Waals surface area contributed by atoms with Crippen LogP contribution in [0.3, 0.4) is 0 Å². The number of nitrogens with zero attached hydrogens (tertiary/aromatic N) is 2. The minimum absolute atomic E-state index is 0. The molecular formula is C17H27Cl2N3O2. The van der Waals surface area contributed by atoms with Gasteiger partial charge in [-0.05, 0) is 31.4 Å². The molecule has 136 valence electrons. The predicted octanol–water partition coefficient (Wildman–Crippen LogP) is 1.99. The average Bonchev–Trinajstić information content (AvgIpc) is 3.04. The van der Waals surface area contributed by atoms with Crippen LogP contribution >= 0.6 is 24.8 Å². The first-order valence-electron chi connectivity index (χ1n) is 8.14. The Balaban J connectivity index is 0.00000144. The zero-order chi connectivity index (χ0) is 15.5. The molecule has 1 aromatic carbocycles. The van der Waals surface area contributed by atoms with E-state index in [0.29, 0.717) is 6.54 Å². The van der Waals surface area contributed by atoms with Crippen LogP contribution in [-0.4, -0.2) is 55.7 Å². The summed E-state index contributed by atoms with van der Waals surface area (Å²) >= 11 is 0. The molecule has 1 amide bonds. The number of hydrogen-bond donors (Lipinski definition) is 1. The summed E-state index contributed by atoms with van der Waals surface area (Å²) in [6, 6.07) is 8.41. The number of carbonyl (C=O) groups is 1. The number of rotatable bonds is 3. The van der Waals surface area contributed by atoms with E-state index in [1.807, 2.05) is 4.90 Å². The third-order valence-electron chi connectivity index (χ3n) is 4.69. The molecule has 3 rings (SSSR count). The molecule has 2 aliphatic rings. The molecule has 2 aliphatic heterocycles. The molecule has 0 bridgehead atoms. The summed E-state index contributed by atoms with van der Waals surface area (Å²) < 4.78 is 5.73. The molecule has 2 saturated heterocycles. The van der Waals surface area contributed by atoms with Crippen molar-refractivity contribution in [1.82, 2.24) is 4.90 Å². The van der Waals surface area contributed by atoms with Gasteiger partial charge < -0.3 is 20.3 Å². The van der Waals surface area contributed by atoms with E-state index in [9.17, 15) is 4.79 Å². The molecule has 0 aliphatic carbocycles. The fourth-order valence-corrected chi connectivity index (χ4v) is 3.35. The lowest BCUT2D eigenvalue weighted by Gasteiger charge is -2.37. The normalized spacial score (nSPS) is 23.4. The zero-order valence-electron chi connectivity index (χ0n) is 14.0. The van der Waals surface area contributed by atoms with Crippen molar-refractivity contribution in [3.63, 3.8) is 0 Å². The summed E-state index contributed by atoms with van der Waals surface area (Å²) in [4.78, 5) is 16.8. The number of benzene rings is 1. The highest BCUT2D eigenvalue weighted by atomic mass is 35.5. The third kappa shape index (κ3) is 4.54. The van der Waals surface area contributed by atoms with Crippen LogP contribution in [-0.2, 0) is 9.53 Å². The molecule has 2 atom stereocenters. The molecular weight excluding hydrogens is 349 g/mol. The number of ether oxygens (including phenoxy) is 1. The van der Waals surface area contributed by atoms with Crippen LogP contribution in [0.5, 0.6) is 0 Å². The molecule has 5 nitrogen and oxygen atoms in total. The molecule has 0 unspecified atom stereocenters. The summed E-state index contributed by atoms with van der Waals surface area (Å²) in [5, 5.41) is 0. The minimum Gasteiger partial charge on any atom is -0.368 e. The van der Waals surface area contributed by atoms with Crippen molar-refractivity contribution < 1.29 is 9.53 Å². The number of amides is 1. The van der Waals surface area contributed by atoms with Gasteiger partial charge in [0.2, 0.25) is 0 Å². The van der Waals surface area contributed by atoms with Crippen LogP contribution < -0.4 is 10.6 Å². The highest BCUT2D eigenvalue weighted by Gasteiger charge is 2.34. The standard InChI is InChI=1S/C17H25N3O2.2ClH/c1-13-4-2-3-5-15(13)19-8-10-20(11-9-19)17(21)16-7-6-14(12-18)22-16;;/h2-5,14,16H,6-12,18H2,1H3;2*1H/t14-,16+;;/m1../s1. The molecule has 7 heteroatoms. The Bertz CT molecular complexity index is 536. The molecule has 0 saturated carbocycles. The number of hydrogen-bond acceptors (Lipinski definition) is 4. The molecule has 0 aromatic heterocycles. The number of nitrogens with two attached hydrogens (primary N) is 1. The Labute approximate surface area is 156 Å². The Morgan fingerprint density at radius 1 is 1.17 bits per heavy atom. The smallest absolute Gasteiger partial charge is 0.251 e. The van der Waals surface area contributed by atoms with E-state index in [0.717, 1.165) is 39.0 Å². The highest BCUT2D eigenvalue weighted by molar-refractivity contribution is 5.85. The van der Waals surface area contributed by atoms with Gasteiger partial charge in [0.25, 0.3) is 5.91 Å². The van der Waals surface area contributed by atoms with Gasteiger partial charge in [-0.1, -0.05) is 18.2 Å². The number of piperazine rings is 1. The first kappa shape index (κ1) is 21.0. The lowest BCUT2D eigenvalue weighted by Crippen LogP contribution is -2.51. The molecule has 2 N–H and O–H groups in total. The SMILES string of the molecule is Cc1ccccc1N1CCN(C(=O)[C@@H]2CC[C@H](CN)O2)CC1.Cl.Cl. The fourth-order valence-electron chi connectivity index (χ4n) is 3.35. The van der Waals surface area contributed by atoms with Crippen LogP contribution in [0.25, 0.3) is 0 Å². The van der Waals surface area contributed by atoms with Crippen LogP contribution in [0, 0.1) is 6.92 Å².